The van der Waals surface area contributed by atoms with E-state index >= 15 is 0 Å². The number of likely N-dealkylation sites (tertiary alicyclic amines) is 1. The van der Waals surface area contributed by atoms with E-state index in [4.69, 9.17) is 0 Å². The molecule has 128 valence electrons. The lowest BCUT2D eigenvalue weighted by molar-refractivity contribution is -0.131. The Bertz CT molecular complexity index is 764. The summed E-state index contributed by atoms with van der Waals surface area (Å²) in [5.41, 5.74) is 4.67. The number of H-pyrrole nitrogens is 1. The molecule has 0 bridgehead atoms. The van der Waals surface area contributed by atoms with Crippen LogP contribution in [0.4, 0.5) is 0 Å². The minimum Gasteiger partial charge on any atom is -0.358 e. The van der Waals surface area contributed by atoms with E-state index < -0.39 is 0 Å². The van der Waals surface area contributed by atoms with Gasteiger partial charge in [0.2, 0.25) is 5.91 Å². The number of fused-ring (bicyclic) bond motifs is 2. The molecule has 2 aliphatic heterocycles. The van der Waals surface area contributed by atoms with Crippen molar-refractivity contribution >= 4 is 16.8 Å². The summed E-state index contributed by atoms with van der Waals surface area (Å²) in [4.78, 5) is 18.6. The number of nitrogens with one attached hydrogen (secondary N) is 2. The van der Waals surface area contributed by atoms with Crippen molar-refractivity contribution in [1.29, 1.82) is 0 Å². The molecule has 2 atom stereocenters. The van der Waals surface area contributed by atoms with E-state index in [-0.39, 0.29) is 5.91 Å². The molecule has 2 aromatic rings. The number of nitrogens with zero attached hydrogens (tertiary/aromatic N) is 1. The first-order valence-corrected chi connectivity index (χ1v) is 9.24. The highest BCUT2D eigenvalue weighted by molar-refractivity contribution is 5.90. The molecule has 4 heteroatoms. The van der Waals surface area contributed by atoms with Gasteiger partial charge in [-0.15, -0.1) is 0 Å². The van der Waals surface area contributed by atoms with Gasteiger partial charge in [-0.1, -0.05) is 18.1 Å². The molecule has 2 saturated heterocycles. The van der Waals surface area contributed by atoms with Crippen LogP contribution in [0.3, 0.4) is 0 Å². The first kappa shape index (κ1) is 15.7. The van der Waals surface area contributed by atoms with Crippen LogP contribution >= 0.6 is 0 Å². The maximum Gasteiger partial charge on any atom is 0.227 e. The summed E-state index contributed by atoms with van der Waals surface area (Å²) in [6.07, 6.45) is 5.22. The van der Waals surface area contributed by atoms with Gasteiger partial charge in [0.05, 0.1) is 6.42 Å². The quantitative estimate of drug-likeness (QED) is 0.891. The summed E-state index contributed by atoms with van der Waals surface area (Å²) in [5, 5.41) is 4.84. The smallest absolute Gasteiger partial charge is 0.227 e. The van der Waals surface area contributed by atoms with Gasteiger partial charge in [-0.05, 0) is 57.4 Å². The molecular formula is C20H27N3O. The zero-order valence-corrected chi connectivity index (χ0v) is 14.7. The molecule has 0 saturated carbocycles. The molecule has 1 aromatic carbocycles. The van der Waals surface area contributed by atoms with Crippen LogP contribution in [0, 0.1) is 13.8 Å². The van der Waals surface area contributed by atoms with E-state index in [1.807, 2.05) is 0 Å². The third kappa shape index (κ3) is 2.73. The van der Waals surface area contributed by atoms with Crippen molar-refractivity contribution in [3.8, 4) is 0 Å². The van der Waals surface area contributed by atoms with Crippen molar-refractivity contribution < 1.29 is 4.79 Å². The van der Waals surface area contributed by atoms with Crippen LogP contribution in [0.2, 0.25) is 0 Å². The zero-order chi connectivity index (χ0) is 16.7. The maximum atomic E-state index is 13.0. The molecule has 24 heavy (non-hydrogen) atoms. The summed E-state index contributed by atoms with van der Waals surface area (Å²) in [5.74, 6) is 0.289. The fourth-order valence-corrected chi connectivity index (χ4v) is 4.50. The van der Waals surface area contributed by atoms with E-state index in [2.05, 4.69) is 47.2 Å². The normalized spacial score (nSPS) is 24.2. The lowest BCUT2D eigenvalue weighted by atomic mass is 10.0. The standard InChI is InChI=1S/C20H27N3O/c1-13-6-7-17-16(11-13)15(14(2)22-17)12-20(24)23-10-8-18-19(23)5-3-4-9-21-18/h6-7,11,18-19,21-22H,3-5,8-10,12H2,1-2H3/t18-,19-/m1/s1. The summed E-state index contributed by atoms with van der Waals surface area (Å²) < 4.78 is 0. The Morgan fingerprint density at radius 2 is 2.12 bits per heavy atom. The number of aryl methyl sites for hydroxylation is 2. The van der Waals surface area contributed by atoms with Crippen molar-refractivity contribution in [2.24, 2.45) is 0 Å². The van der Waals surface area contributed by atoms with E-state index in [1.165, 1.54) is 29.4 Å². The van der Waals surface area contributed by atoms with Crippen LogP contribution in [0.25, 0.3) is 10.9 Å². The van der Waals surface area contributed by atoms with Crippen molar-refractivity contribution in [1.82, 2.24) is 15.2 Å². The van der Waals surface area contributed by atoms with Crippen LogP contribution < -0.4 is 5.32 Å². The summed E-state index contributed by atoms with van der Waals surface area (Å²) in [6, 6.07) is 7.33. The highest BCUT2D eigenvalue weighted by atomic mass is 16.2. The number of hydrogen-bond donors (Lipinski definition) is 2. The second-order valence-electron chi connectivity index (χ2n) is 7.45. The molecule has 1 aromatic heterocycles. The van der Waals surface area contributed by atoms with E-state index in [9.17, 15) is 4.79 Å². The van der Waals surface area contributed by atoms with Crippen molar-refractivity contribution in [3.05, 3.63) is 35.0 Å². The highest BCUT2D eigenvalue weighted by Crippen LogP contribution is 2.28. The van der Waals surface area contributed by atoms with Gasteiger partial charge in [0.1, 0.15) is 0 Å². The molecule has 2 aliphatic rings. The molecule has 0 aliphatic carbocycles. The van der Waals surface area contributed by atoms with Gasteiger partial charge in [0.25, 0.3) is 0 Å². The maximum absolute atomic E-state index is 13.0. The molecule has 4 nitrogen and oxygen atoms in total. The molecule has 0 radical (unpaired) electrons. The second-order valence-corrected chi connectivity index (χ2v) is 7.45. The van der Waals surface area contributed by atoms with Gasteiger partial charge in [0.15, 0.2) is 0 Å². The number of aromatic nitrogens is 1. The van der Waals surface area contributed by atoms with Gasteiger partial charge in [-0.2, -0.15) is 0 Å². The number of aromatic amines is 1. The fraction of sp³-hybridized carbons (Fsp3) is 0.550. The second kappa shape index (κ2) is 6.25. The predicted octanol–water partition coefficient (Wildman–Crippen LogP) is 3.07. The van der Waals surface area contributed by atoms with Gasteiger partial charge in [-0.3, -0.25) is 4.79 Å². The minimum absolute atomic E-state index is 0.289. The van der Waals surface area contributed by atoms with E-state index in [0.717, 1.165) is 37.1 Å². The third-order valence-corrected chi connectivity index (χ3v) is 5.80. The number of hydrogen-bond acceptors (Lipinski definition) is 2. The average Bonchev–Trinajstić information content (AvgIpc) is 3.00. The first-order valence-electron chi connectivity index (χ1n) is 9.24. The monoisotopic (exact) mass is 325 g/mol. The molecule has 2 N–H and O–H groups in total. The van der Waals surface area contributed by atoms with Crippen molar-refractivity contribution in [2.45, 2.75) is 58.0 Å². The molecular weight excluding hydrogens is 298 g/mol. The lowest BCUT2D eigenvalue weighted by Gasteiger charge is -2.27. The topological polar surface area (TPSA) is 48.1 Å². The number of benzene rings is 1. The fourth-order valence-electron chi connectivity index (χ4n) is 4.50. The largest absolute Gasteiger partial charge is 0.358 e. The number of carbonyl (C=O) groups excluding carboxylic acids is 1. The predicted molar refractivity (Wildman–Crippen MR) is 97.2 cm³/mol. The Labute approximate surface area is 143 Å². The first-order chi connectivity index (χ1) is 11.6. The van der Waals surface area contributed by atoms with Gasteiger partial charge in [-0.25, -0.2) is 0 Å². The summed E-state index contributed by atoms with van der Waals surface area (Å²) in [7, 11) is 0. The van der Waals surface area contributed by atoms with Crippen molar-refractivity contribution in [2.75, 3.05) is 13.1 Å². The number of rotatable bonds is 2. The Morgan fingerprint density at radius 1 is 1.25 bits per heavy atom. The Hall–Kier alpha value is -1.81. The van der Waals surface area contributed by atoms with Gasteiger partial charge in [0, 0.05) is 35.2 Å². The molecule has 0 spiro atoms. The number of amides is 1. The summed E-state index contributed by atoms with van der Waals surface area (Å²) >= 11 is 0. The Balaban J connectivity index is 1.58. The van der Waals surface area contributed by atoms with Crippen LogP contribution in [-0.2, 0) is 11.2 Å². The van der Waals surface area contributed by atoms with Crippen LogP contribution in [0.1, 0.15) is 42.5 Å². The molecule has 4 rings (SSSR count). The Morgan fingerprint density at radius 3 is 3.00 bits per heavy atom. The van der Waals surface area contributed by atoms with E-state index in [1.54, 1.807) is 0 Å². The molecule has 0 unspecified atom stereocenters. The number of carbonyl (C=O) groups is 1. The van der Waals surface area contributed by atoms with Crippen molar-refractivity contribution in [3.63, 3.8) is 0 Å². The van der Waals surface area contributed by atoms with Crippen LogP contribution in [0.15, 0.2) is 18.2 Å². The van der Waals surface area contributed by atoms with Gasteiger partial charge >= 0.3 is 0 Å². The highest BCUT2D eigenvalue weighted by Gasteiger charge is 2.37. The SMILES string of the molecule is Cc1ccc2[nH]c(C)c(CC(=O)N3CC[C@H]4NCCCC[C@H]43)c2c1. The Kier molecular flexibility index (Phi) is 4.09. The van der Waals surface area contributed by atoms with Crippen LogP contribution in [0.5, 0.6) is 0 Å². The van der Waals surface area contributed by atoms with E-state index in [0.29, 0.717) is 18.5 Å². The zero-order valence-electron chi connectivity index (χ0n) is 14.7. The molecule has 2 fully saturated rings. The average molecular weight is 325 g/mol. The third-order valence-electron chi connectivity index (χ3n) is 5.80. The lowest BCUT2D eigenvalue weighted by Crippen LogP contribution is -2.44. The van der Waals surface area contributed by atoms with Crippen LogP contribution in [-0.4, -0.2) is 41.0 Å². The summed E-state index contributed by atoms with van der Waals surface area (Å²) in [6.45, 7) is 6.19. The molecule has 1 amide bonds. The minimum atomic E-state index is 0.289. The van der Waals surface area contributed by atoms with Gasteiger partial charge < -0.3 is 15.2 Å². The molecule has 3 heterocycles.